The molecule has 0 aliphatic carbocycles. The maximum Gasteiger partial charge on any atom is 0.145 e. The summed E-state index contributed by atoms with van der Waals surface area (Å²) >= 11 is 0. The predicted molar refractivity (Wildman–Crippen MR) is 130 cm³/mol. The minimum atomic E-state index is -0.984. The molecule has 0 bridgehead atoms. The fourth-order valence-corrected chi connectivity index (χ4v) is 5.52. The van der Waals surface area contributed by atoms with E-state index in [0.29, 0.717) is 0 Å². The number of hydrogen-bond acceptors (Lipinski definition) is 4. The molecule has 0 saturated carbocycles. The molecule has 4 nitrogen and oxygen atoms in total. The van der Waals surface area contributed by atoms with Crippen LogP contribution in [-0.2, 0) is 0 Å². The van der Waals surface area contributed by atoms with Gasteiger partial charge in [0.05, 0.1) is 7.11 Å². The first-order valence-corrected chi connectivity index (χ1v) is 11.8. The smallest absolute Gasteiger partial charge is 0.145 e. The van der Waals surface area contributed by atoms with Gasteiger partial charge in [-0.15, -0.1) is 0 Å². The highest BCUT2D eigenvalue weighted by Crippen LogP contribution is 2.37. The molecule has 0 fully saturated rings. The molecular weight excluding hydrogens is 405 g/mol. The van der Waals surface area contributed by atoms with Crippen LogP contribution in [-0.4, -0.2) is 23.3 Å². The molecule has 0 spiro atoms. The highest BCUT2D eigenvalue weighted by molar-refractivity contribution is 7.79. The van der Waals surface area contributed by atoms with Gasteiger partial charge in [-0.1, -0.05) is 24.3 Å². The van der Waals surface area contributed by atoms with Crippen LogP contribution < -0.4 is 30.3 Å². The van der Waals surface area contributed by atoms with Gasteiger partial charge in [0, 0.05) is 14.1 Å². The molecule has 2 aromatic carbocycles. The lowest BCUT2D eigenvalue weighted by Crippen LogP contribution is -2.27. The Morgan fingerprint density at radius 1 is 0.710 bits per heavy atom. The van der Waals surface area contributed by atoms with Gasteiger partial charge in [0.25, 0.3) is 0 Å². The zero-order valence-corrected chi connectivity index (χ0v) is 20.4. The van der Waals surface area contributed by atoms with Crippen LogP contribution in [0.15, 0.2) is 66.9 Å². The number of nitrogens with zero attached hydrogens (tertiary/aromatic N) is 1. The Bertz CT molecular complexity index is 962. The third kappa shape index (κ3) is 6.45. The van der Waals surface area contributed by atoms with Gasteiger partial charge in [0.15, 0.2) is 0 Å². The molecule has 164 valence electrons. The monoisotopic (exact) mass is 437 g/mol. The second-order valence-corrected chi connectivity index (χ2v) is 11.4. The van der Waals surface area contributed by atoms with Gasteiger partial charge in [-0.2, -0.15) is 0 Å². The van der Waals surface area contributed by atoms with Crippen molar-refractivity contribution in [2.24, 2.45) is 0 Å². The first-order chi connectivity index (χ1) is 14.6. The van der Waals surface area contributed by atoms with Crippen molar-refractivity contribution in [3.63, 3.8) is 0 Å². The van der Waals surface area contributed by atoms with Crippen molar-refractivity contribution < 1.29 is 14.2 Å². The molecule has 3 aromatic rings. The summed E-state index contributed by atoms with van der Waals surface area (Å²) in [5, 5.41) is 2.28. The third-order valence-electron chi connectivity index (χ3n) is 4.18. The van der Waals surface area contributed by atoms with Crippen molar-refractivity contribution in [3.05, 3.63) is 66.9 Å². The lowest BCUT2D eigenvalue weighted by atomic mass is 10.2. The quantitative estimate of drug-likeness (QED) is 0.497. The second kappa shape index (κ2) is 9.28. The Labute approximate surface area is 187 Å². The van der Waals surface area contributed by atoms with Crippen molar-refractivity contribution in [2.75, 3.05) is 7.11 Å². The standard InChI is InChI=1S/C26H32NO3P/c1-25(2,3)29-19-11-8-13-21(17-19)31(24-23(28-7)15-10-16-27-24)22-14-9-12-20(18-22)30-26(4,5)6/h8-18H,1-7H3. The molecule has 0 unspecified atom stereocenters. The fourth-order valence-electron chi connectivity index (χ4n) is 3.18. The molecule has 0 atom stereocenters. The summed E-state index contributed by atoms with van der Waals surface area (Å²) in [7, 11) is 0.703. The average Bonchev–Trinajstić information content (AvgIpc) is 2.66. The van der Waals surface area contributed by atoms with E-state index in [0.717, 1.165) is 33.3 Å². The van der Waals surface area contributed by atoms with Gasteiger partial charge in [0.1, 0.15) is 33.9 Å². The summed E-state index contributed by atoms with van der Waals surface area (Å²) in [6.07, 6.45) is 1.82. The molecule has 1 heterocycles. The van der Waals surface area contributed by atoms with Gasteiger partial charge in [-0.3, -0.25) is 4.98 Å². The Morgan fingerprint density at radius 2 is 1.23 bits per heavy atom. The Balaban J connectivity index is 2.14. The molecule has 1 aromatic heterocycles. The summed E-state index contributed by atoms with van der Waals surface area (Å²) in [6, 6.07) is 20.4. The number of ether oxygens (including phenoxy) is 3. The van der Waals surface area contributed by atoms with Gasteiger partial charge < -0.3 is 14.2 Å². The van der Waals surface area contributed by atoms with Crippen LogP contribution in [0.25, 0.3) is 0 Å². The molecule has 31 heavy (non-hydrogen) atoms. The van der Waals surface area contributed by atoms with E-state index in [1.807, 2.05) is 42.6 Å². The zero-order valence-electron chi connectivity index (χ0n) is 19.5. The van der Waals surface area contributed by atoms with E-state index in [4.69, 9.17) is 19.2 Å². The van der Waals surface area contributed by atoms with E-state index < -0.39 is 7.92 Å². The van der Waals surface area contributed by atoms with E-state index in [1.54, 1.807) is 7.11 Å². The van der Waals surface area contributed by atoms with Crippen molar-refractivity contribution >= 4 is 24.0 Å². The maximum atomic E-state index is 6.14. The zero-order chi connectivity index (χ0) is 22.6. The van der Waals surface area contributed by atoms with Crippen LogP contribution in [0.2, 0.25) is 0 Å². The molecule has 5 heteroatoms. The number of pyridine rings is 1. The van der Waals surface area contributed by atoms with E-state index in [2.05, 4.69) is 65.8 Å². The van der Waals surface area contributed by atoms with Gasteiger partial charge in [0.2, 0.25) is 0 Å². The topological polar surface area (TPSA) is 40.6 Å². The second-order valence-electron chi connectivity index (χ2n) is 9.29. The molecule has 0 radical (unpaired) electrons. The predicted octanol–water partition coefficient (Wildman–Crippen LogP) is 5.20. The van der Waals surface area contributed by atoms with Crippen LogP contribution in [0, 0.1) is 0 Å². The van der Waals surface area contributed by atoms with Gasteiger partial charge in [-0.05, 0) is 88.5 Å². The summed E-state index contributed by atoms with van der Waals surface area (Å²) in [4.78, 5) is 4.73. The Morgan fingerprint density at radius 3 is 1.68 bits per heavy atom. The minimum absolute atomic E-state index is 0.273. The number of benzene rings is 2. The molecule has 0 amide bonds. The lowest BCUT2D eigenvalue weighted by Gasteiger charge is -2.25. The van der Waals surface area contributed by atoms with Crippen LogP contribution in [0.1, 0.15) is 41.5 Å². The highest BCUT2D eigenvalue weighted by Gasteiger charge is 2.24. The van der Waals surface area contributed by atoms with E-state index in [9.17, 15) is 0 Å². The average molecular weight is 438 g/mol. The summed E-state index contributed by atoms with van der Waals surface area (Å²) in [5.41, 5.74) is 0.371. The molecule has 0 N–H and O–H groups in total. The summed E-state index contributed by atoms with van der Waals surface area (Å²) in [5.74, 6) is 2.46. The van der Waals surface area contributed by atoms with E-state index in [1.165, 1.54) is 0 Å². The van der Waals surface area contributed by atoms with Crippen molar-refractivity contribution in [1.82, 2.24) is 4.98 Å². The lowest BCUT2D eigenvalue weighted by molar-refractivity contribution is 0.130. The first kappa shape index (κ1) is 23.1. The van der Waals surface area contributed by atoms with E-state index >= 15 is 0 Å². The Kier molecular flexibility index (Phi) is 6.91. The summed E-state index contributed by atoms with van der Waals surface area (Å²) in [6.45, 7) is 12.3. The highest BCUT2D eigenvalue weighted by atomic mass is 31.1. The van der Waals surface area contributed by atoms with Gasteiger partial charge >= 0.3 is 0 Å². The summed E-state index contributed by atoms with van der Waals surface area (Å²) < 4.78 is 18.0. The first-order valence-electron chi connectivity index (χ1n) is 10.4. The van der Waals surface area contributed by atoms with Crippen molar-refractivity contribution in [3.8, 4) is 17.2 Å². The molecular formula is C26H32NO3P. The third-order valence-corrected chi connectivity index (χ3v) is 6.53. The van der Waals surface area contributed by atoms with Gasteiger partial charge in [-0.25, -0.2) is 0 Å². The van der Waals surface area contributed by atoms with Crippen molar-refractivity contribution in [1.29, 1.82) is 0 Å². The molecule has 0 aliphatic heterocycles. The van der Waals surface area contributed by atoms with Crippen molar-refractivity contribution in [2.45, 2.75) is 52.7 Å². The maximum absolute atomic E-state index is 6.14. The number of hydrogen-bond donors (Lipinski definition) is 0. The van der Waals surface area contributed by atoms with Crippen LogP contribution in [0.3, 0.4) is 0 Å². The minimum Gasteiger partial charge on any atom is -0.494 e. The molecule has 3 rings (SSSR count). The van der Waals surface area contributed by atoms with Crippen LogP contribution in [0.4, 0.5) is 0 Å². The number of aromatic nitrogens is 1. The SMILES string of the molecule is COc1cccnc1P(c1cccc(OC(C)(C)C)c1)c1cccc(OC(C)(C)C)c1. The fraction of sp³-hybridized carbons (Fsp3) is 0.346. The normalized spacial score (nSPS) is 12.0. The molecule has 0 saturated heterocycles. The van der Waals surface area contributed by atoms with Crippen LogP contribution in [0.5, 0.6) is 17.2 Å². The number of rotatable bonds is 6. The van der Waals surface area contributed by atoms with E-state index in [-0.39, 0.29) is 11.2 Å². The Hall–Kier alpha value is -2.58. The number of methoxy groups -OCH3 is 1. The van der Waals surface area contributed by atoms with Crippen LogP contribution >= 0.6 is 7.92 Å². The largest absolute Gasteiger partial charge is 0.494 e. The molecule has 0 aliphatic rings.